The van der Waals surface area contributed by atoms with Gasteiger partial charge < -0.3 is 0 Å². The highest BCUT2D eigenvalue weighted by molar-refractivity contribution is 9.10. The number of hydrogen-bond acceptors (Lipinski definition) is 4. The lowest BCUT2D eigenvalue weighted by molar-refractivity contribution is 0.597. The number of aromatic nitrogens is 1. The zero-order valence-corrected chi connectivity index (χ0v) is 10.2. The lowest BCUT2D eigenvalue weighted by Gasteiger charge is -2.07. The van der Waals surface area contributed by atoms with Gasteiger partial charge in [0.25, 0.3) is 0 Å². The molecule has 0 bridgehead atoms. The number of pyridine rings is 1. The molecule has 0 fully saturated rings. The molecule has 1 heterocycles. The Bertz CT molecular complexity index is 495. The van der Waals surface area contributed by atoms with E-state index in [4.69, 9.17) is 5.26 Å². The number of rotatable bonds is 3. The van der Waals surface area contributed by atoms with Crippen molar-refractivity contribution in [1.82, 2.24) is 4.98 Å². The standard InChI is InChI=1S/C8H8BrN3O2S/c1-6(5-10)15(13,14)12-8-4-7(9)2-3-11-8/h2-4,6H,1H3,(H,11,12). The summed E-state index contributed by atoms with van der Waals surface area (Å²) in [5, 5.41) is 7.39. The Balaban J connectivity index is 2.93. The van der Waals surface area contributed by atoms with Gasteiger partial charge in [-0.3, -0.25) is 4.72 Å². The summed E-state index contributed by atoms with van der Waals surface area (Å²) >= 11 is 3.18. The minimum Gasteiger partial charge on any atom is -0.266 e. The van der Waals surface area contributed by atoms with E-state index in [2.05, 4.69) is 25.6 Å². The summed E-state index contributed by atoms with van der Waals surface area (Å²) in [7, 11) is -3.67. The van der Waals surface area contributed by atoms with Crippen LogP contribution < -0.4 is 4.72 Å². The monoisotopic (exact) mass is 289 g/mol. The van der Waals surface area contributed by atoms with Gasteiger partial charge in [0.1, 0.15) is 5.82 Å². The fourth-order valence-electron chi connectivity index (χ4n) is 0.764. The highest BCUT2D eigenvalue weighted by atomic mass is 79.9. The van der Waals surface area contributed by atoms with E-state index in [1.54, 1.807) is 12.1 Å². The van der Waals surface area contributed by atoms with Crippen molar-refractivity contribution >= 4 is 31.8 Å². The van der Waals surface area contributed by atoms with Gasteiger partial charge in [-0.1, -0.05) is 15.9 Å². The van der Waals surface area contributed by atoms with Gasteiger partial charge in [0.15, 0.2) is 5.25 Å². The van der Waals surface area contributed by atoms with Crippen molar-refractivity contribution in [2.45, 2.75) is 12.2 Å². The van der Waals surface area contributed by atoms with Crippen LogP contribution in [0.4, 0.5) is 5.82 Å². The first-order chi connectivity index (χ1) is 6.95. The summed E-state index contributed by atoms with van der Waals surface area (Å²) in [6.07, 6.45) is 1.46. The van der Waals surface area contributed by atoms with Crippen molar-refractivity contribution in [3.8, 4) is 6.07 Å². The molecule has 1 aromatic rings. The van der Waals surface area contributed by atoms with E-state index in [0.717, 1.165) is 0 Å². The molecule has 1 N–H and O–H groups in total. The quantitative estimate of drug-likeness (QED) is 0.914. The lowest BCUT2D eigenvalue weighted by Crippen LogP contribution is -2.24. The Morgan fingerprint density at radius 1 is 1.67 bits per heavy atom. The van der Waals surface area contributed by atoms with E-state index in [9.17, 15) is 8.42 Å². The molecule has 0 saturated carbocycles. The smallest absolute Gasteiger partial charge is 0.250 e. The van der Waals surface area contributed by atoms with Crippen LogP contribution in [0.25, 0.3) is 0 Å². The number of nitriles is 1. The normalized spacial score (nSPS) is 12.9. The predicted molar refractivity (Wildman–Crippen MR) is 59.6 cm³/mol. The van der Waals surface area contributed by atoms with E-state index < -0.39 is 15.3 Å². The average Bonchev–Trinajstić information content (AvgIpc) is 2.15. The molecule has 5 nitrogen and oxygen atoms in total. The summed E-state index contributed by atoms with van der Waals surface area (Å²) in [6.45, 7) is 1.31. The van der Waals surface area contributed by atoms with Crippen LogP contribution in [0.3, 0.4) is 0 Å². The Labute approximate surface area is 96.3 Å². The first kappa shape index (κ1) is 11.9. The highest BCUT2D eigenvalue weighted by Gasteiger charge is 2.20. The van der Waals surface area contributed by atoms with Crippen molar-refractivity contribution in [1.29, 1.82) is 5.26 Å². The molecule has 0 spiro atoms. The molecule has 7 heteroatoms. The Morgan fingerprint density at radius 3 is 2.87 bits per heavy atom. The van der Waals surface area contributed by atoms with Crippen LogP contribution in [-0.4, -0.2) is 18.7 Å². The molecule has 1 unspecified atom stereocenters. The Morgan fingerprint density at radius 2 is 2.33 bits per heavy atom. The second-order valence-electron chi connectivity index (χ2n) is 2.78. The fraction of sp³-hybridized carbons (Fsp3) is 0.250. The third-order valence-corrected chi connectivity index (χ3v) is 3.64. The third-order valence-electron chi connectivity index (χ3n) is 1.62. The molecule has 0 aliphatic carbocycles. The third kappa shape index (κ3) is 3.18. The molecule has 80 valence electrons. The molecule has 0 radical (unpaired) electrons. The summed E-state index contributed by atoms with van der Waals surface area (Å²) in [5.41, 5.74) is 0. The van der Waals surface area contributed by atoms with Crippen LogP contribution in [-0.2, 0) is 10.0 Å². The summed E-state index contributed by atoms with van der Waals surface area (Å²) in [4.78, 5) is 3.81. The van der Waals surface area contributed by atoms with E-state index in [0.29, 0.717) is 4.47 Å². The topological polar surface area (TPSA) is 82.8 Å². The molecular formula is C8H8BrN3O2S. The number of sulfonamides is 1. The molecule has 1 atom stereocenters. The number of halogens is 1. The molecule has 0 aliphatic rings. The average molecular weight is 290 g/mol. The van der Waals surface area contributed by atoms with E-state index in [-0.39, 0.29) is 5.82 Å². The fourth-order valence-corrected chi connectivity index (χ4v) is 1.82. The second kappa shape index (κ2) is 4.59. The van der Waals surface area contributed by atoms with Crippen molar-refractivity contribution < 1.29 is 8.42 Å². The minimum absolute atomic E-state index is 0.187. The maximum atomic E-state index is 11.5. The number of hydrogen-bond donors (Lipinski definition) is 1. The molecule has 0 aliphatic heterocycles. The summed E-state index contributed by atoms with van der Waals surface area (Å²) in [5.74, 6) is 0.187. The highest BCUT2D eigenvalue weighted by Crippen LogP contribution is 2.14. The lowest BCUT2D eigenvalue weighted by atomic mass is 10.5. The van der Waals surface area contributed by atoms with Gasteiger partial charge in [-0.25, -0.2) is 13.4 Å². The van der Waals surface area contributed by atoms with Crippen molar-refractivity contribution in [2.75, 3.05) is 4.72 Å². The first-order valence-corrected chi connectivity index (χ1v) is 6.32. The van der Waals surface area contributed by atoms with Crippen molar-refractivity contribution in [2.24, 2.45) is 0 Å². The van der Waals surface area contributed by atoms with E-state index >= 15 is 0 Å². The van der Waals surface area contributed by atoms with Gasteiger partial charge in [0.2, 0.25) is 10.0 Å². The van der Waals surface area contributed by atoms with Crippen LogP contribution >= 0.6 is 15.9 Å². The molecule has 15 heavy (non-hydrogen) atoms. The zero-order chi connectivity index (χ0) is 11.5. The molecule has 1 aromatic heterocycles. The SMILES string of the molecule is CC(C#N)S(=O)(=O)Nc1cc(Br)ccn1. The molecule has 1 rings (SSSR count). The minimum atomic E-state index is -3.67. The maximum Gasteiger partial charge on any atom is 0.250 e. The van der Waals surface area contributed by atoms with Crippen LogP contribution in [0.2, 0.25) is 0 Å². The second-order valence-corrected chi connectivity index (χ2v) is 5.69. The van der Waals surface area contributed by atoms with Gasteiger partial charge >= 0.3 is 0 Å². The van der Waals surface area contributed by atoms with E-state index in [1.807, 2.05) is 0 Å². The van der Waals surface area contributed by atoms with Gasteiger partial charge in [0, 0.05) is 10.7 Å². The zero-order valence-electron chi connectivity index (χ0n) is 7.81. The van der Waals surface area contributed by atoms with Crippen LogP contribution in [0.5, 0.6) is 0 Å². The van der Waals surface area contributed by atoms with Gasteiger partial charge in [-0.15, -0.1) is 0 Å². The number of anilines is 1. The van der Waals surface area contributed by atoms with Crippen molar-refractivity contribution in [3.63, 3.8) is 0 Å². The Kier molecular flexibility index (Phi) is 3.66. The molecule has 0 aromatic carbocycles. The summed E-state index contributed by atoms with van der Waals surface area (Å²) in [6, 6.07) is 4.84. The van der Waals surface area contributed by atoms with Crippen molar-refractivity contribution in [3.05, 3.63) is 22.8 Å². The van der Waals surface area contributed by atoms with Gasteiger partial charge in [0.05, 0.1) is 6.07 Å². The van der Waals surface area contributed by atoms with Gasteiger partial charge in [-0.2, -0.15) is 5.26 Å². The summed E-state index contributed by atoms with van der Waals surface area (Å²) < 4.78 is 25.8. The molecular weight excluding hydrogens is 282 g/mol. The number of nitrogens with one attached hydrogen (secondary N) is 1. The number of nitrogens with zero attached hydrogens (tertiary/aromatic N) is 2. The molecule has 0 saturated heterocycles. The molecule has 0 amide bonds. The van der Waals surface area contributed by atoms with Crippen LogP contribution in [0.15, 0.2) is 22.8 Å². The van der Waals surface area contributed by atoms with Gasteiger partial charge in [-0.05, 0) is 19.1 Å². The Hall–Kier alpha value is -1.13. The van der Waals surface area contributed by atoms with Crippen LogP contribution in [0, 0.1) is 11.3 Å². The maximum absolute atomic E-state index is 11.5. The van der Waals surface area contributed by atoms with Crippen LogP contribution in [0.1, 0.15) is 6.92 Å². The first-order valence-electron chi connectivity index (χ1n) is 3.98. The largest absolute Gasteiger partial charge is 0.266 e. The predicted octanol–water partition coefficient (Wildman–Crippen LogP) is 1.50. The van der Waals surface area contributed by atoms with E-state index in [1.165, 1.54) is 19.2 Å².